The Bertz CT molecular complexity index is 1400. The average molecular weight is 449 g/mol. The van der Waals surface area contributed by atoms with Crippen LogP contribution in [0.4, 0.5) is 0 Å². The van der Waals surface area contributed by atoms with Gasteiger partial charge in [-0.3, -0.25) is 9.59 Å². The van der Waals surface area contributed by atoms with Gasteiger partial charge in [0.1, 0.15) is 12.6 Å². The summed E-state index contributed by atoms with van der Waals surface area (Å²) in [5.41, 5.74) is 7.77. The van der Waals surface area contributed by atoms with Crippen molar-refractivity contribution in [3.05, 3.63) is 62.9 Å². The lowest BCUT2D eigenvalue weighted by molar-refractivity contribution is -0.172. The molecular weight excluding hydrogens is 426 g/mol. The number of nitrogens with two attached hydrogens (primary N) is 1. The highest BCUT2D eigenvalue weighted by Gasteiger charge is 2.45. The molecule has 0 spiro atoms. The smallest absolute Gasteiger partial charge is 0.343 e. The Morgan fingerprint density at radius 2 is 2.15 bits per heavy atom. The Morgan fingerprint density at radius 1 is 1.36 bits per heavy atom. The van der Waals surface area contributed by atoms with Crippen molar-refractivity contribution in [2.75, 3.05) is 7.11 Å². The Morgan fingerprint density at radius 3 is 2.88 bits per heavy atom. The van der Waals surface area contributed by atoms with Crippen LogP contribution in [0.5, 0.6) is 0 Å². The van der Waals surface area contributed by atoms with Crippen molar-refractivity contribution in [3.8, 4) is 11.4 Å². The number of hydrogen-bond acceptors (Lipinski definition) is 8. The third-order valence-electron chi connectivity index (χ3n) is 6.57. The molecule has 2 aliphatic rings. The predicted octanol–water partition coefficient (Wildman–Crippen LogP) is 1.12. The van der Waals surface area contributed by atoms with Crippen LogP contribution >= 0.6 is 0 Å². The standard InChI is InChI=1S/C24H23N3O6/c1-3-24(31)16-9-18-20-14(10-27(18)21(28)15(16)11-33-23(24)30)7-12-5-4-6-13(19(12)26-20)8-17(25)22(29)32-2/h4-7,9,17,31H,3,8,10-11,25H2,1-2H3/t17?,24-/m0/s1. The second kappa shape index (κ2) is 7.50. The van der Waals surface area contributed by atoms with E-state index in [2.05, 4.69) is 0 Å². The molecule has 2 aliphatic heterocycles. The molecule has 0 saturated carbocycles. The van der Waals surface area contributed by atoms with Crippen LogP contribution in [0.2, 0.25) is 0 Å². The number of ether oxygens (including phenoxy) is 2. The number of aliphatic hydroxyl groups is 1. The average Bonchev–Trinajstić information content (AvgIpc) is 3.18. The fraction of sp³-hybridized carbons (Fsp3) is 0.333. The van der Waals surface area contributed by atoms with Gasteiger partial charge in [-0.05, 0) is 24.1 Å². The van der Waals surface area contributed by atoms with Gasteiger partial charge < -0.3 is 24.9 Å². The van der Waals surface area contributed by atoms with E-state index in [1.165, 1.54) is 7.11 Å². The number of esters is 2. The topological polar surface area (TPSA) is 134 Å². The summed E-state index contributed by atoms with van der Waals surface area (Å²) in [5.74, 6) is -1.27. The van der Waals surface area contributed by atoms with E-state index < -0.39 is 23.6 Å². The van der Waals surface area contributed by atoms with Crippen LogP contribution < -0.4 is 11.3 Å². The Kier molecular flexibility index (Phi) is 4.84. The zero-order chi connectivity index (χ0) is 23.5. The summed E-state index contributed by atoms with van der Waals surface area (Å²) in [5, 5.41) is 11.9. The lowest BCUT2D eigenvalue weighted by Gasteiger charge is -2.31. The van der Waals surface area contributed by atoms with Crippen LogP contribution in [-0.4, -0.2) is 39.7 Å². The lowest BCUT2D eigenvalue weighted by atomic mass is 9.86. The summed E-state index contributed by atoms with van der Waals surface area (Å²) in [6, 6.07) is 8.44. The molecule has 0 fully saturated rings. The third kappa shape index (κ3) is 3.07. The van der Waals surface area contributed by atoms with Crippen molar-refractivity contribution in [1.29, 1.82) is 0 Å². The van der Waals surface area contributed by atoms with Gasteiger partial charge in [0, 0.05) is 22.9 Å². The van der Waals surface area contributed by atoms with Crippen molar-refractivity contribution < 1.29 is 24.2 Å². The Hall–Kier alpha value is -3.56. The molecule has 9 nitrogen and oxygen atoms in total. The van der Waals surface area contributed by atoms with Crippen molar-refractivity contribution in [2.45, 2.75) is 44.6 Å². The van der Waals surface area contributed by atoms with Crippen molar-refractivity contribution in [3.63, 3.8) is 0 Å². The highest BCUT2D eigenvalue weighted by molar-refractivity contribution is 5.88. The normalized spacial score (nSPS) is 19.5. The molecule has 2 aromatic heterocycles. The monoisotopic (exact) mass is 449 g/mol. The number of benzene rings is 1. The van der Waals surface area contributed by atoms with Crippen molar-refractivity contribution in [2.24, 2.45) is 5.73 Å². The van der Waals surface area contributed by atoms with E-state index in [0.29, 0.717) is 23.4 Å². The number of pyridine rings is 2. The number of fused-ring (bicyclic) bond motifs is 5. The van der Waals surface area contributed by atoms with E-state index in [9.17, 15) is 19.5 Å². The van der Waals surface area contributed by atoms with E-state index in [4.69, 9.17) is 20.2 Å². The minimum absolute atomic E-state index is 0.0787. The van der Waals surface area contributed by atoms with Gasteiger partial charge >= 0.3 is 11.9 Å². The fourth-order valence-electron chi connectivity index (χ4n) is 4.71. The first kappa shape index (κ1) is 21.3. The minimum atomic E-state index is -1.87. The van der Waals surface area contributed by atoms with Crippen molar-refractivity contribution in [1.82, 2.24) is 9.55 Å². The van der Waals surface area contributed by atoms with E-state index in [1.54, 1.807) is 17.6 Å². The quantitative estimate of drug-likeness (QED) is 0.443. The van der Waals surface area contributed by atoms with E-state index in [1.807, 2.05) is 24.3 Å². The van der Waals surface area contributed by atoms with E-state index in [0.717, 1.165) is 16.5 Å². The number of para-hydroxylation sites is 1. The van der Waals surface area contributed by atoms with Gasteiger partial charge in [-0.2, -0.15) is 0 Å². The highest BCUT2D eigenvalue weighted by atomic mass is 16.6. The molecule has 0 radical (unpaired) electrons. The maximum absolute atomic E-state index is 13.3. The zero-order valence-corrected chi connectivity index (χ0v) is 18.3. The molecule has 33 heavy (non-hydrogen) atoms. The molecule has 3 aromatic rings. The van der Waals surface area contributed by atoms with Gasteiger partial charge in [-0.1, -0.05) is 25.1 Å². The van der Waals surface area contributed by atoms with Gasteiger partial charge in [0.25, 0.3) is 5.56 Å². The summed E-state index contributed by atoms with van der Waals surface area (Å²) < 4.78 is 11.4. The number of methoxy groups -OCH3 is 1. The third-order valence-corrected chi connectivity index (χ3v) is 6.57. The Labute approximate surface area is 188 Å². The number of hydrogen-bond donors (Lipinski definition) is 2. The van der Waals surface area contributed by atoms with Crippen LogP contribution in [0.1, 0.15) is 35.6 Å². The molecule has 9 heteroatoms. The summed E-state index contributed by atoms with van der Waals surface area (Å²) >= 11 is 0. The number of nitrogens with zero attached hydrogens (tertiary/aromatic N) is 2. The first-order chi connectivity index (χ1) is 15.8. The highest BCUT2D eigenvalue weighted by Crippen LogP contribution is 2.38. The second-order valence-electron chi connectivity index (χ2n) is 8.42. The van der Waals surface area contributed by atoms with Crippen molar-refractivity contribution >= 4 is 22.8 Å². The maximum Gasteiger partial charge on any atom is 0.343 e. The molecule has 1 aromatic carbocycles. The number of carbonyl (C=O) groups excluding carboxylic acids is 2. The predicted molar refractivity (Wildman–Crippen MR) is 118 cm³/mol. The van der Waals surface area contributed by atoms with Crippen LogP contribution in [0.3, 0.4) is 0 Å². The molecule has 0 bridgehead atoms. The van der Waals surface area contributed by atoms with E-state index >= 15 is 0 Å². The molecule has 170 valence electrons. The summed E-state index contributed by atoms with van der Waals surface area (Å²) in [7, 11) is 1.29. The summed E-state index contributed by atoms with van der Waals surface area (Å²) in [6.45, 7) is 1.82. The molecule has 0 aliphatic carbocycles. The molecule has 4 heterocycles. The largest absolute Gasteiger partial charge is 0.468 e. The SMILES string of the molecule is CC[C@@]1(O)C(=O)OCc2c1cc1n(c2=O)Cc2cc3cccc(CC(N)C(=O)OC)c3nc2-1. The molecule has 5 rings (SSSR count). The number of carbonyl (C=O) groups is 2. The Balaban J connectivity index is 1.69. The van der Waals surface area contributed by atoms with Gasteiger partial charge in [0.15, 0.2) is 5.60 Å². The second-order valence-corrected chi connectivity index (χ2v) is 8.42. The van der Waals surface area contributed by atoms with Crippen LogP contribution in [0, 0.1) is 0 Å². The number of cyclic esters (lactones) is 1. The van der Waals surface area contributed by atoms with Gasteiger partial charge in [0.2, 0.25) is 0 Å². The van der Waals surface area contributed by atoms with Crippen LogP contribution in [-0.2, 0) is 44.2 Å². The molecule has 0 saturated heterocycles. The van der Waals surface area contributed by atoms with Gasteiger partial charge in [0.05, 0.1) is 36.1 Å². The number of rotatable bonds is 4. The maximum atomic E-state index is 13.3. The zero-order valence-electron chi connectivity index (χ0n) is 18.3. The molecule has 2 atom stereocenters. The van der Waals surface area contributed by atoms with Crippen LogP contribution in [0.15, 0.2) is 35.1 Å². The molecule has 3 N–H and O–H groups in total. The number of aromatic nitrogens is 2. The first-order valence-corrected chi connectivity index (χ1v) is 10.7. The summed E-state index contributed by atoms with van der Waals surface area (Å²) in [4.78, 5) is 42.3. The first-order valence-electron chi connectivity index (χ1n) is 10.7. The van der Waals surface area contributed by atoms with Gasteiger partial charge in [-0.25, -0.2) is 9.78 Å². The molecule has 1 unspecified atom stereocenters. The fourth-order valence-corrected chi connectivity index (χ4v) is 4.71. The lowest BCUT2D eigenvalue weighted by Crippen LogP contribution is -2.44. The summed E-state index contributed by atoms with van der Waals surface area (Å²) in [6.07, 6.45) is 0.323. The van der Waals surface area contributed by atoms with E-state index in [-0.39, 0.29) is 36.1 Å². The molecular formula is C24H23N3O6. The molecule has 0 amide bonds. The minimum Gasteiger partial charge on any atom is -0.468 e. The van der Waals surface area contributed by atoms with Gasteiger partial charge in [-0.15, -0.1) is 0 Å². The van der Waals surface area contributed by atoms with Crippen LogP contribution in [0.25, 0.3) is 22.3 Å².